The molecular formula is C23H32O4. The molecule has 0 bridgehead atoms. The molecule has 2 rings (SSSR count). The van der Waals surface area contributed by atoms with E-state index in [1.807, 2.05) is 30.3 Å². The normalized spacial score (nSPS) is 19.9. The van der Waals surface area contributed by atoms with Crippen molar-refractivity contribution in [2.45, 2.75) is 57.5 Å². The molecular weight excluding hydrogens is 340 g/mol. The van der Waals surface area contributed by atoms with Crippen LogP contribution >= 0.6 is 0 Å². The van der Waals surface area contributed by atoms with Crippen molar-refractivity contribution >= 4 is 12.0 Å². The Balaban J connectivity index is 1.59. The molecule has 0 radical (unpaired) electrons. The SMILES string of the molecule is C=CCCCCCOC1CCC(COc2ccc(C=CC(=O)O)cc2)CC1. The molecule has 4 heteroatoms. The lowest BCUT2D eigenvalue weighted by Crippen LogP contribution is -2.25. The molecule has 1 N–H and O–H groups in total. The van der Waals surface area contributed by atoms with Gasteiger partial charge in [0.25, 0.3) is 0 Å². The Kier molecular flexibility index (Phi) is 9.70. The molecule has 1 saturated carbocycles. The van der Waals surface area contributed by atoms with Crippen LogP contribution in [-0.4, -0.2) is 30.4 Å². The predicted octanol–water partition coefficient (Wildman–Crippen LogP) is 5.49. The van der Waals surface area contributed by atoms with Crippen LogP contribution in [0.5, 0.6) is 5.75 Å². The van der Waals surface area contributed by atoms with Crippen molar-refractivity contribution in [3.8, 4) is 5.75 Å². The van der Waals surface area contributed by atoms with E-state index < -0.39 is 5.97 Å². The number of benzene rings is 1. The van der Waals surface area contributed by atoms with E-state index >= 15 is 0 Å². The lowest BCUT2D eigenvalue weighted by molar-refractivity contribution is -0.131. The van der Waals surface area contributed by atoms with Gasteiger partial charge in [0.1, 0.15) is 5.75 Å². The Hall–Kier alpha value is -2.07. The highest BCUT2D eigenvalue weighted by atomic mass is 16.5. The van der Waals surface area contributed by atoms with Crippen molar-refractivity contribution in [3.63, 3.8) is 0 Å². The summed E-state index contributed by atoms with van der Waals surface area (Å²) in [5.74, 6) is 0.479. The molecule has 0 atom stereocenters. The lowest BCUT2D eigenvalue weighted by atomic mass is 9.88. The van der Waals surface area contributed by atoms with Crippen LogP contribution in [0.4, 0.5) is 0 Å². The minimum atomic E-state index is -0.942. The molecule has 1 aliphatic carbocycles. The molecule has 0 aliphatic heterocycles. The van der Waals surface area contributed by atoms with E-state index in [-0.39, 0.29) is 0 Å². The zero-order valence-corrected chi connectivity index (χ0v) is 16.1. The van der Waals surface area contributed by atoms with Crippen LogP contribution in [-0.2, 0) is 9.53 Å². The second-order valence-corrected chi connectivity index (χ2v) is 7.20. The smallest absolute Gasteiger partial charge is 0.328 e. The van der Waals surface area contributed by atoms with E-state index in [1.165, 1.54) is 12.8 Å². The molecule has 1 aliphatic rings. The topological polar surface area (TPSA) is 55.8 Å². The fourth-order valence-corrected chi connectivity index (χ4v) is 3.34. The third-order valence-corrected chi connectivity index (χ3v) is 4.98. The number of carboxylic acids is 1. The summed E-state index contributed by atoms with van der Waals surface area (Å²) >= 11 is 0. The molecule has 0 heterocycles. The molecule has 0 saturated heterocycles. The maximum atomic E-state index is 10.5. The average Bonchev–Trinajstić information content (AvgIpc) is 2.69. The average molecular weight is 373 g/mol. The molecule has 1 aromatic carbocycles. The maximum Gasteiger partial charge on any atom is 0.328 e. The van der Waals surface area contributed by atoms with Crippen LogP contribution < -0.4 is 4.74 Å². The zero-order chi connectivity index (χ0) is 19.3. The first-order valence-electron chi connectivity index (χ1n) is 10.0. The predicted molar refractivity (Wildman–Crippen MR) is 109 cm³/mol. The van der Waals surface area contributed by atoms with Crippen LogP contribution in [0.15, 0.2) is 43.0 Å². The Morgan fingerprint density at radius 1 is 1.11 bits per heavy atom. The molecule has 27 heavy (non-hydrogen) atoms. The van der Waals surface area contributed by atoms with Gasteiger partial charge in [0.15, 0.2) is 0 Å². The highest BCUT2D eigenvalue weighted by Gasteiger charge is 2.22. The van der Waals surface area contributed by atoms with E-state index in [0.717, 1.165) is 69.1 Å². The Morgan fingerprint density at radius 2 is 1.85 bits per heavy atom. The third kappa shape index (κ3) is 8.91. The van der Waals surface area contributed by atoms with Crippen molar-refractivity contribution in [2.24, 2.45) is 5.92 Å². The van der Waals surface area contributed by atoms with Gasteiger partial charge in [-0.3, -0.25) is 0 Å². The summed E-state index contributed by atoms with van der Waals surface area (Å²) in [5, 5.41) is 8.64. The Morgan fingerprint density at radius 3 is 2.52 bits per heavy atom. The Labute approximate surface area is 162 Å². The van der Waals surface area contributed by atoms with Crippen LogP contribution in [0.25, 0.3) is 6.08 Å². The number of carbonyl (C=O) groups is 1. The highest BCUT2D eigenvalue weighted by Crippen LogP contribution is 2.27. The second kappa shape index (κ2) is 12.3. The molecule has 0 unspecified atom stereocenters. The third-order valence-electron chi connectivity index (χ3n) is 4.98. The van der Waals surface area contributed by atoms with Gasteiger partial charge in [-0.2, -0.15) is 0 Å². The summed E-state index contributed by atoms with van der Waals surface area (Å²) in [6, 6.07) is 7.52. The maximum absolute atomic E-state index is 10.5. The van der Waals surface area contributed by atoms with Gasteiger partial charge < -0.3 is 14.6 Å². The van der Waals surface area contributed by atoms with Crippen LogP contribution in [0.2, 0.25) is 0 Å². The van der Waals surface area contributed by atoms with E-state index in [2.05, 4.69) is 6.58 Å². The standard InChI is InChI=1S/C23H32O4/c1-2-3-4-5-6-17-26-21-14-9-20(10-15-21)18-27-22-12-7-19(8-13-22)11-16-23(24)25/h2,7-8,11-13,16,20-21H,1,3-6,9-10,14-15,17-18H2,(H,24,25). The molecule has 1 aromatic rings. The number of ether oxygens (including phenoxy) is 2. The van der Waals surface area contributed by atoms with Crippen molar-refractivity contribution in [2.75, 3.05) is 13.2 Å². The zero-order valence-electron chi connectivity index (χ0n) is 16.1. The fourth-order valence-electron chi connectivity index (χ4n) is 3.34. The van der Waals surface area contributed by atoms with E-state index in [9.17, 15) is 4.79 Å². The van der Waals surface area contributed by atoms with Crippen LogP contribution in [0.3, 0.4) is 0 Å². The van der Waals surface area contributed by atoms with Gasteiger partial charge in [-0.1, -0.05) is 24.6 Å². The summed E-state index contributed by atoms with van der Waals surface area (Å²) in [6.45, 7) is 5.36. The van der Waals surface area contributed by atoms with Gasteiger partial charge >= 0.3 is 5.97 Å². The number of aliphatic carboxylic acids is 1. The summed E-state index contributed by atoms with van der Waals surface area (Å²) in [4.78, 5) is 10.5. The first-order chi connectivity index (χ1) is 13.2. The summed E-state index contributed by atoms with van der Waals surface area (Å²) in [6.07, 6.45) is 14.4. The van der Waals surface area contributed by atoms with Gasteiger partial charge in [0, 0.05) is 12.7 Å². The van der Waals surface area contributed by atoms with Crippen molar-refractivity contribution in [3.05, 3.63) is 48.6 Å². The first-order valence-corrected chi connectivity index (χ1v) is 10.0. The largest absolute Gasteiger partial charge is 0.493 e. The van der Waals surface area contributed by atoms with Crippen molar-refractivity contribution in [1.82, 2.24) is 0 Å². The Bertz CT molecular complexity index is 583. The summed E-state index contributed by atoms with van der Waals surface area (Å²) in [5.41, 5.74) is 0.854. The van der Waals surface area contributed by atoms with E-state index in [0.29, 0.717) is 12.0 Å². The monoisotopic (exact) mass is 372 g/mol. The summed E-state index contributed by atoms with van der Waals surface area (Å²) in [7, 11) is 0. The van der Waals surface area contributed by atoms with E-state index in [1.54, 1.807) is 6.08 Å². The van der Waals surface area contributed by atoms with Gasteiger partial charge in [0.05, 0.1) is 12.7 Å². The molecule has 0 aromatic heterocycles. The first kappa shape index (κ1) is 21.2. The molecule has 0 spiro atoms. The second-order valence-electron chi connectivity index (χ2n) is 7.20. The number of unbranched alkanes of at least 4 members (excludes halogenated alkanes) is 3. The van der Waals surface area contributed by atoms with Gasteiger partial charge in [-0.25, -0.2) is 4.79 Å². The lowest BCUT2D eigenvalue weighted by Gasteiger charge is -2.28. The number of allylic oxidation sites excluding steroid dienone is 1. The van der Waals surface area contributed by atoms with Crippen LogP contribution in [0, 0.1) is 5.92 Å². The molecule has 4 nitrogen and oxygen atoms in total. The van der Waals surface area contributed by atoms with Gasteiger partial charge in [-0.15, -0.1) is 6.58 Å². The summed E-state index contributed by atoms with van der Waals surface area (Å²) < 4.78 is 11.9. The fraction of sp³-hybridized carbons (Fsp3) is 0.522. The molecule has 148 valence electrons. The quantitative estimate of drug-likeness (QED) is 0.300. The van der Waals surface area contributed by atoms with Gasteiger partial charge in [-0.05, 0) is 74.6 Å². The minimum absolute atomic E-state index is 0.418. The van der Waals surface area contributed by atoms with Crippen molar-refractivity contribution in [1.29, 1.82) is 0 Å². The number of hydrogen-bond donors (Lipinski definition) is 1. The van der Waals surface area contributed by atoms with Crippen molar-refractivity contribution < 1.29 is 19.4 Å². The number of carboxylic acid groups (broad SMARTS) is 1. The van der Waals surface area contributed by atoms with E-state index in [4.69, 9.17) is 14.6 Å². The molecule has 0 amide bonds. The van der Waals surface area contributed by atoms with Crippen LogP contribution in [0.1, 0.15) is 56.9 Å². The highest BCUT2D eigenvalue weighted by molar-refractivity contribution is 5.85. The number of hydrogen-bond acceptors (Lipinski definition) is 3. The minimum Gasteiger partial charge on any atom is -0.493 e. The molecule has 1 fully saturated rings. The van der Waals surface area contributed by atoms with Gasteiger partial charge in [0.2, 0.25) is 0 Å². The number of rotatable bonds is 12.